The SMILES string of the molecule is COc1ccc(C=NC(C=O)C(O)C(O)C(O)CO)cc1. The molecule has 0 aliphatic carbocycles. The molecule has 4 N–H and O–H groups in total. The molecule has 0 aliphatic rings. The Morgan fingerprint density at radius 1 is 1.19 bits per heavy atom. The van der Waals surface area contributed by atoms with Crippen molar-refractivity contribution in [1.82, 2.24) is 0 Å². The molecule has 0 spiro atoms. The molecule has 0 bridgehead atoms. The van der Waals surface area contributed by atoms with Gasteiger partial charge in [0.2, 0.25) is 0 Å². The van der Waals surface area contributed by atoms with E-state index in [1.54, 1.807) is 24.3 Å². The molecule has 1 rings (SSSR count). The lowest BCUT2D eigenvalue weighted by Crippen LogP contribution is -2.45. The van der Waals surface area contributed by atoms with Crippen molar-refractivity contribution in [3.05, 3.63) is 29.8 Å². The number of carbonyl (C=O) groups excluding carboxylic acids is 1. The second kappa shape index (κ2) is 8.48. The molecule has 1 aromatic rings. The van der Waals surface area contributed by atoms with E-state index in [-0.39, 0.29) is 0 Å². The van der Waals surface area contributed by atoms with Gasteiger partial charge in [-0.3, -0.25) is 4.99 Å². The molecule has 7 nitrogen and oxygen atoms in total. The molecule has 0 radical (unpaired) electrons. The molecular formula is C14H19NO6. The summed E-state index contributed by atoms with van der Waals surface area (Å²) in [7, 11) is 1.54. The maximum Gasteiger partial charge on any atom is 0.147 e. The van der Waals surface area contributed by atoms with E-state index in [0.717, 1.165) is 0 Å². The zero-order valence-electron chi connectivity index (χ0n) is 11.5. The molecule has 4 atom stereocenters. The van der Waals surface area contributed by atoms with E-state index in [1.807, 2.05) is 0 Å². The van der Waals surface area contributed by atoms with Crippen molar-refractivity contribution in [1.29, 1.82) is 0 Å². The Hall–Kier alpha value is -1.80. The predicted octanol–water partition coefficient (Wildman–Crippen LogP) is -1.24. The van der Waals surface area contributed by atoms with E-state index in [0.29, 0.717) is 17.6 Å². The van der Waals surface area contributed by atoms with E-state index < -0.39 is 31.0 Å². The standard InChI is InChI=1S/C14H19NO6/c1-21-10-4-2-9(3-5-10)6-15-11(7-16)13(19)14(20)12(18)8-17/h2-7,11-14,17-20H,8H2,1H3. The van der Waals surface area contributed by atoms with Gasteiger partial charge in [0.05, 0.1) is 13.7 Å². The molecule has 0 heterocycles. The number of rotatable bonds is 8. The van der Waals surface area contributed by atoms with Crippen LogP contribution in [0, 0.1) is 0 Å². The van der Waals surface area contributed by atoms with E-state index >= 15 is 0 Å². The van der Waals surface area contributed by atoms with E-state index in [9.17, 15) is 20.1 Å². The van der Waals surface area contributed by atoms with Crippen LogP contribution in [-0.2, 0) is 4.79 Å². The second-order valence-electron chi connectivity index (χ2n) is 4.41. The summed E-state index contributed by atoms with van der Waals surface area (Å²) in [6, 6.07) is 5.57. The van der Waals surface area contributed by atoms with Crippen LogP contribution >= 0.6 is 0 Å². The van der Waals surface area contributed by atoms with Crippen LogP contribution in [0.2, 0.25) is 0 Å². The third kappa shape index (κ3) is 4.91. The smallest absolute Gasteiger partial charge is 0.147 e. The van der Waals surface area contributed by atoms with Crippen molar-refractivity contribution < 1.29 is 30.0 Å². The Labute approximate surface area is 122 Å². The van der Waals surface area contributed by atoms with Gasteiger partial charge >= 0.3 is 0 Å². The first-order valence-corrected chi connectivity index (χ1v) is 6.31. The summed E-state index contributed by atoms with van der Waals surface area (Å²) in [6.07, 6.45) is -3.10. The molecule has 21 heavy (non-hydrogen) atoms. The van der Waals surface area contributed by atoms with Crippen molar-refractivity contribution in [2.24, 2.45) is 4.99 Å². The van der Waals surface area contributed by atoms with Crippen molar-refractivity contribution >= 4 is 12.5 Å². The third-order valence-corrected chi connectivity index (χ3v) is 2.93. The lowest BCUT2D eigenvalue weighted by atomic mass is 10.0. The average molecular weight is 297 g/mol. The van der Waals surface area contributed by atoms with E-state index in [2.05, 4.69) is 4.99 Å². The van der Waals surface area contributed by atoms with Gasteiger partial charge in [-0.15, -0.1) is 0 Å². The second-order valence-corrected chi connectivity index (χ2v) is 4.41. The van der Waals surface area contributed by atoms with Crippen molar-refractivity contribution in [3.63, 3.8) is 0 Å². The number of hydrogen-bond donors (Lipinski definition) is 4. The van der Waals surface area contributed by atoms with Gasteiger partial charge in [-0.1, -0.05) is 0 Å². The van der Waals surface area contributed by atoms with Gasteiger partial charge < -0.3 is 30.0 Å². The summed E-state index contributed by atoms with van der Waals surface area (Å²) in [5, 5.41) is 37.2. The summed E-state index contributed by atoms with van der Waals surface area (Å²) in [6.45, 7) is -0.730. The molecule has 0 saturated heterocycles. The minimum Gasteiger partial charge on any atom is -0.497 e. The topological polar surface area (TPSA) is 120 Å². The molecule has 0 aromatic heterocycles. The molecular weight excluding hydrogens is 278 g/mol. The number of nitrogens with zero attached hydrogens (tertiary/aromatic N) is 1. The molecule has 0 amide bonds. The van der Waals surface area contributed by atoms with Crippen molar-refractivity contribution in [2.45, 2.75) is 24.4 Å². The number of ether oxygens (including phenoxy) is 1. The molecule has 0 saturated carbocycles. The number of benzene rings is 1. The number of methoxy groups -OCH3 is 1. The summed E-state index contributed by atoms with van der Waals surface area (Å²) >= 11 is 0. The van der Waals surface area contributed by atoms with Crippen LogP contribution < -0.4 is 4.74 Å². The highest BCUT2D eigenvalue weighted by Crippen LogP contribution is 2.11. The summed E-state index contributed by atoms with van der Waals surface area (Å²) < 4.78 is 5.00. The van der Waals surface area contributed by atoms with Crippen molar-refractivity contribution in [3.8, 4) is 5.75 Å². The van der Waals surface area contributed by atoms with E-state index in [1.165, 1.54) is 13.3 Å². The number of aliphatic hydroxyl groups is 4. The lowest BCUT2D eigenvalue weighted by Gasteiger charge is -2.23. The first kappa shape index (κ1) is 17.3. The highest BCUT2D eigenvalue weighted by atomic mass is 16.5. The van der Waals surface area contributed by atoms with Crippen LogP contribution in [-0.4, -0.2) is 71.0 Å². The minimum atomic E-state index is -1.67. The van der Waals surface area contributed by atoms with Gasteiger partial charge in [0.15, 0.2) is 0 Å². The van der Waals surface area contributed by atoms with Gasteiger partial charge in [-0.2, -0.15) is 0 Å². The Morgan fingerprint density at radius 2 is 1.81 bits per heavy atom. The fourth-order valence-corrected chi connectivity index (χ4v) is 1.60. The number of aliphatic hydroxyl groups excluding tert-OH is 4. The molecule has 116 valence electrons. The van der Waals surface area contributed by atoms with Crippen LogP contribution in [0.25, 0.3) is 0 Å². The predicted molar refractivity (Wildman–Crippen MR) is 75.5 cm³/mol. The summed E-state index contributed by atoms with van der Waals surface area (Å²) in [5.41, 5.74) is 0.673. The Morgan fingerprint density at radius 3 is 2.29 bits per heavy atom. The van der Waals surface area contributed by atoms with Crippen LogP contribution in [0.3, 0.4) is 0 Å². The first-order valence-electron chi connectivity index (χ1n) is 6.31. The zero-order valence-corrected chi connectivity index (χ0v) is 11.5. The van der Waals surface area contributed by atoms with E-state index in [4.69, 9.17) is 9.84 Å². The summed E-state index contributed by atoms with van der Waals surface area (Å²) in [5.74, 6) is 0.667. The molecule has 1 aromatic carbocycles. The van der Waals surface area contributed by atoms with Crippen molar-refractivity contribution in [2.75, 3.05) is 13.7 Å². The molecule has 0 fully saturated rings. The fraction of sp³-hybridized carbons (Fsp3) is 0.429. The highest BCUT2D eigenvalue weighted by molar-refractivity contribution is 5.81. The van der Waals surface area contributed by atoms with Gasteiger partial charge in [0.25, 0.3) is 0 Å². The summed E-state index contributed by atoms with van der Waals surface area (Å²) in [4.78, 5) is 14.8. The van der Waals surface area contributed by atoms with Gasteiger partial charge in [-0.05, 0) is 29.8 Å². The highest BCUT2D eigenvalue weighted by Gasteiger charge is 2.30. The molecule has 0 aliphatic heterocycles. The molecule has 4 unspecified atom stereocenters. The maximum atomic E-state index is 10.9. The fourth-order valence-electron chi connectivity index (χ4n) is 1.60. The normalized spacial score (nSPS) is 17.2. The zero-order chi connectivity index (χ0) is 15.8. The van der Waals surface area contributed by atoms with Gasteiger partial charge in [0.1, 0.15) is 36.4 Å². The number of hydrogen-bond acceptors (Lipinski definition) is 7. The Bertz CT molecular complexity index is 461. The quantitative estimate of drug-likeness (QED) is 0.352. The molecule has 7 heteroatoms. The number of carbonyl (C=O) groups is 1. The lowest BCUT2D eigenvalue weighted by molar-refractivity contribution is -0.118. The maximum absolute atomic E-state index is 10.9. The largest absolute Gasteiger partial charge is 0.497 e. The van der Waals surface area contributed by atoms with Gasteiger partial charge in [0, 0.05) is 6.21 Å². The van der Waals surface area contributed by atoms with Gasteiger partial charge in [-0.25, -0.2) is 0 Å². The van der Waals surface area contributed by atoms with Crippen LogP contribution in [0.4, 0.5) is 0 Å². The van der Waals surface area contributed by atoms with Crippen LogP contribution in [0.5, 0.6) is 5.75 Å². The van der Waals surface area contributed by atoms with Crippen LogP contribution in [0.1, 0.15) is 5.56 Å². The monoisotopic (exact) mass is 297 g/mol. The average Bonchev–Trinajstić information content (AvgIpc) is 2.54. The first-order chi connectivity index (χ1) is 10.0. The van der Waals surface area contributed by atoms with Crippen LogP contribution in [0.15, 0.2) is 29.3 Å². The number of aldehydes is 1. The minimum absolute atomic E-state index is 0.359. The third-order valence-electron chi connectivity index (χ3n) is 2.93. The Kier molecular flexibility index (Phi) is 6.97. The Balaban J connectivity index is 2.75. The number of aliphatic imine (C=N–C) groups is 1.